The van der Waals surface area contributed by atoms with E-state index in [2.05, 4.69) is 4.98 Å². The highest BCUT2D eigenvalue weighted by Gasteiger charge is 2.34. The van der Waals surface area contributed by atoms with Gasteiger partial charge in [-0.15, -0.1) is 0 Å². The third-order valence-corrected chi connectivity index (χ3v) is 2.84. The summed E-state index contributed by atoms with van der Waals surface area (Å²) in [4.78, 5) is 5.29. The van der Waals surface area contributed by atoms with Crippen molar-refractivity contribution in [3.63, 3.8) is 0 Å². The molecule has 0 saturated carbocycles. The maximum absolute atomic E-state index is 12.7. The molecule has 0 unspecified atom stereocenters. The van der Waals surface area contributed by atoms with Crippen molar-refractivity contribution in [2.45, 2.75) is 39.9 Å². The van der Waals surface area contributed by atoms with Crippen molar-refractivity contribution >= 4 is 11.7 Å². The summed E-state index contributed by atoms with van der Waals surface area (Å²) in [5.41, 5.74) is 7.00. The van der Waals surface area contributed by atoms with E-state index in [1.807, 2.05) is 0 Å². The first-order valence-corrected chi connectivity index (χ1v) is 6.19. The Hall–Kier alpha value is -1.79. The third-order valence-electron chi connectivity index (χ3n) is 2.84. The third kappa shape index (κ3) is 3.85. The molecule has 0 spiro atoms. The number of hydrogen-bond donors (Lipinski definition) is 2. The second kappa shape index (κ2) is 5.68. The van der Waals surface area contributed by atoms with Crippen LogP contribution in [0, 0.1) is 19.3 Å². The summed E-state index contributed by atoms with van der Waals surface area (Å²) in [5.74, 6) is -0.167. The highest BCUT2D eigenvalue weighted by atomic mass is 19.4. The van der Waals surface area contributed by atoms with E-state index in [0.717, 1.165) is 4.90 Å². The number of aryl methyl sites for hydroxylation is 2. The van der Waals surface area contributed by atoms with Crippen LogP contribution in [0.4, 0.5) is 19.0 Å². The molecule has 0 saturated heterocycles. The lowest BCUT2D eigenvalue weighted by atomic mass is 10.1. The summed E-state index contributed by atoms with van der Waals surface area (Å²) in [6, 6.07) is 1.29. The Morgan fingerprint density at radius 2 is 1.95 bits per heavy atom. The summed E-state index contributed by atoms with van der Waals surface area (Å²) in [5, 5.41) is 7.58. The first kappa shape index (κ1) is 16.3. The Bertz CT molecular complexity index is 509. The number of pyridine rings is 1. The Morgan fingerprint density at radius 3 is 2.35 bits per heavy atom. The quantitative estimate of drug-likeness (QED) is 0.661. The van der Waals surface area contributed by atoms with Gasteiger partial charge in [-0.25, -0.2) is 4.98 Å². The first-order chi connectivity index (χ1) is 9.03. The molecule has 7 heteroatoms. The minimum atomic E-state index is -4.35. The van der Waals surface area contributed by atoms with Crippen LogP contribution in [0.1, 0.15) is 30.7 Å². The molecule has 0 aliphatic carbocycles. The highest BCUT2D eigenvalue weighted by Crippen LogP contribution is 2.27. The zero-order valence-corrected chi connectivity index (χ0v) is 12.0. The molecule has 0 fully saturated rings. The molecule has 1 aromatic rings. The summed E-state index contributed by atoms with van der Waals surface area (Å²) < 4.78 is 38.2. The Kier molecular flexibility index (Phi) is 4.62. The molecule has 1 aromatic heterocycles. The van der Waals surface area contributed by atoms with Gasteiger partial charge in [0.05, 0.1) is 5.56 Å². The van der Waals surface area contributed by atoms with Crippen molar-refractivity contribution in [3.8, 4) is 0 Å². The van der Waals surface area contributed by atoms with E-state index in [4.69, 9.17) is 11.1 Å². The molecule has 112 valence electrons. The maximum atomic E-state index is 12.7. The number of nitrogen functional groups attached to an aromatic ring is 1. The first-order valence-electron chi connectivity index (χ1n) is 6.19. The van der Waals surface area contributed by atoms with Crippen molar-refractivity contribution in [2.24, 2.45) is 5.73 Å². The molecule has 0 atom stereocenters. The smallest absolute Gasteiger partial charge is 0.384 e. The number of alkyl halides is 3. The lowest BCUT2D eigenvalue weighted by Gasteiger charge is -2.31. The van der Waals surface area contributed by atoms with Gasteiger partial charge < -0.3 is 10.6 Å². The molecule has 0 bridgehead atoms. The lowest BCUT2D eigenvalue weighted by molar-refractivity contribution is -0.120. The van der Waals surface area contributed by atoms with Crippen molar-refractivity contribution < 1.29 is 13.2 Å². The minimum Gasteiger partial charge on any atom is -0.384 e. The number of amidine groups is 1. The second-order valence-corrected chi connectivity index (χ2v) is 5.03. The van der Waals surface area contributed by atoms with Crippen LogP contribution >= 0.6 is 0 Å². The Labute approximate surface area is 116 Å². The fourth-order valence-electron chi connectivity index (χ4n) is 2.05. The van der Waals surface area contributed by atoms with Gasteiger partial charge in [0.25, 0.3) is 0 Å². The number of rotatable bonds is 4. The van der Waals surface area contributed by atoms with E-state index in [1.54, 1.807) is 33.8 Å². The number of hydrogen-bond acceptors (Lipinski definition) is 3. The monoisotopic (exact) mass is 288 g/mol. The number of anilines is 1. The van der Waals surface area contributed by atoms with Crippen molar-refractivity contribution in [2.75, 3.05) is 11.4 Å². The Balaban J connectivity index is 3.43. The molecule has 1 heterocycles. The van der Waals surface area contributed by atoms with Gasteiger partial charge in [0.2, 0.25) is 0 Å². The van der Waals surface area contributed by atoms with E-state index >= 15 is 0 Å². The van der Waals surface area contributed by atoms with Gasteiger partial charge in [-0.1, -0.05) is 0 Å². The zero-order valence-electron chi connectivity index (χ0n) is 12.0. The SMILES string of the molecule is Cc1cc(C)c(C(=N)N)c(N(CC(F)(F)F)C(C)C)n1. The van der Waals surface area contributed by atoms with Gasteiger partial charge in [0, 0.05) is 11.7 Å². The summed E-state index contributed by atoms with van der Waals surface area (Å²) in [6.07, 6.45) is -4.35. The van der Waals surface area contributed by atoms with Gasteiger partial charge in [-0.05, 0) is 39.3 Å². The molecular weight excluding hydrogens is 269 g/mol. The normalized spacial score (nSPS) is 11.8. The zero-order chi connectivity index (χ0) is 15.7. The lowest BCUT2D eigenvalue weighted by Crippen LogP contribution is -2.41. The van der Waals surface area contributed by atoms with E-state index in [0.29, 0.717) is 11.3 Å². The average Bonchev–Trinajstić information content (AvgIpc) is 2.22. The van der Waals surface area contributed by atoms with Crippen LogP contribution in [-0.4, -0.2) is 29.6 Å². The van der Waals surface area contributed by atoms with Crippen LogP contribution in [0.15, 0.2) is 6.07 Å². The van der Waals surface area contributed by atoms with Gasteiger partial charge in [-0.3, -0.25) is 5.41 Å². The molecule has 1 rings (SSSR count). The fourth-order valence-corrected chi connectivity index (χ4v) is 2.05. The second-order valence-electron chi connectivity index (χ2n) is 5.03. The van der Waals surface area contributed by atoms with E-state index in [1.165, 1.54) is 0 Å². The summed E-state index contributed by atoms with van der Waals surface area (Å²) in [6.45, 7) is 5.58. The largest absolute Gasteiger partial charge is 0.405 e. The number of nitrogens with one attached hydrogen (secondary N) is 1. The number of aromatic nitrogens is 1. The Morgan fingerprint density at radius 1 is 1.40 bits per heavy atom. The van der Waals surface area contributed by atoms with Crippen molar-refractivity contribution in [1.29, 1.82) is 5.41 Å². The van der Waals surface area contributed by atoms with Crippen molar-refractivity contribution in [1.82, 2.24) is 4.98 Å². The van der Waals surface area contributed by atoms with Gasteiger partial charge in [0.1, 0.15) is 18.2 Å². The van der Waals surface area contributed by atoms with Crippen molar-refractivity contribution in [3.05, 3.63) is 22.9 Å². The molecule has 20 heavy (non-hydrogen) atoms. The molecule has 0 aliphatic rings. The minimum absolute atomic E-state index is 0.113. The van der Waals surface area contributed by atoms with Gasteiger partial charge >= 0.3 is 6.18 Å². The van der Waals surface area contributed by atoms with E-state index in [-0.39, 0.29) is 17.2 Å². The number of nitrogens with two attached hydrogens (primary N) is 1. The number of nitrogens with zero attached hydrogens (tertiary/aromatic N) is 2. The highest BCUT2D eigenvalue weighted by molar-refractivity contribution is 6.01. The summed E-state index contributed by atoms with van der Waals surface area (Å²) in [7, 11) is 0. The van der Waals surface area contributed by atoms with E-state index < -0.39 is 18.8 Å². The van der Waals surface area contributed by atoms with Crippen LogP contribution in [0.5, 0.6) is 0 Å². The van der Waals surface area contributed by atoms with Gasteiger partial charge in [-0.2, -0.15) is 13.2 Å². The number of halogens is 3. The summed E-state index contributed by atoms with van der Waals surface area (Å²) >= 11 is 0. The molecule has 4 nitrogen and oxygen atoms in total. The average molecular weight is 288 g/mol. The molecule has 0 radical (unpaired) electrons. The molecule has 0 aliphatic heterocycles. The molecular formula is C13H19F3N4. The van der Waals surface area contributed by atoms with Crippen LogP contribution in [0.25, 0.3) is 0 Å². The van der Waals surface area contributed by atoms with Crippen LogP contribution in [0.2, 0.25) is 0 Å². The fraction of sp³-hybridized carbons (Fsp3) is 0.538. The predicted molar refractivity (Wildman–Crippen MR) is 73.3 cm³/mol. The maximum Gasteiger partial charge on any atom is 0.405 e. The topological polar surface area (TPSA) is 66.0 Å². The van der Waals surface area contributed by atoms with E-state index in [9.17, 15) is 13.2 Å². The van der Waals surface area contributed by atoms with Crippen LogP contribution < -0.4 is 10.6 Å². The predicted octanol–water partition coefficient (Wildman–Crippen LogP) is 2.76. The van der Waals surface area contributed by atoms with Crippen LogP contribution in [-0.2, 0) is 0 Å². The van der Waals surface area contributed by atoms with Crippen LogP contribution in [0.3, 0.4) is 0 Å². The molecule has 0 amide bonds. The van der Waals surface area contributed by atoms with Gasteiger partial charge in [0.15, 0.2) is 0 Å². The standard InChI is InChI=1S/C13H19F3N4/c1-7(2)20(6-13(14,15)16)12-10(11(17)18)8(3)5-9(4)19-12/h5,7H,6H2,1-4H3,(H3,17,18). The molecule has 3 N–H and O–H groups in total. The molecule has 0 aromatic carbocycles.